The normalized spacial score (nSPS) is 45.0. The molecule has 2 N–H and O–H groups in total. The Labute approximate surface area is 80.1 Å². The molecule has 2 fully saturated rings. The molecular weight excluding hydrogens is 165 g/mol. The molecule has 0 aromatic rings. The lowest BCUT2D eigenvalue weighted by atomic mass is 9.75. The van der Waals surface area contributed by atoms with Gasteiger partial charge in [-0.15, -0.1) is 0 Å². The molecule has 1 heterocycles. The van der Waals surface area contributed by atoms with Gasteiger partial charge in [-0.05, 0) is 25.7 Å². The minimum Gasteiger partial charge on any atom is -0.405 e. The largest absolute Gasteiger partial charge is 0.472 e. The Balaban J connectivity index is 2.13. The van der Waals surface area contributed by atoms with E-state index in [1.807, 2.05) is 0 Å². The fraction of sp³-hybridized carbons (Fsp3) is 1.00. The second-order valence-corrected chi connectivity index (χ2v) is 4.42. The molecule has 4 heteroatoms. The molecule has 3 nitrogen and oxygen atoms in total. The molecule has 13 heavy (non-hydrogen) atoms. The maximum atomic E-state index is 5.87. The SMILES string of the molecule is CC1CCCC2OB(CN)O[C@@]12C. The lowest BCUT2D eigenvalue weighted by molar-refractivity contribution is -0.0258. The fourth-order valence-electron chi connectivity index (χ4n) is 2.49. The van der Waals surface area contributed by atoms with Crippen molar-refractivity contribution in [3.63, 3.8) is 0 Å². The van der Waals surface area contributed by atoms with Crippen LogP contribution in [0, 0.1) is 5.92 Å². The van der Waals surface area contributed by atoms with Gasteiger partial charge in [0.15, 0.2) is 0 Å². The zero-order valence-electron chi connectivity index (χ0n) is 8.45. The van der Waals surface area contributed by atoms with Gasteiger partial charge in [0.1, 0.15) is 0 Å². The van der Waals surface area contributed by atoms with E-state index in [0.29, 0.717) is 12.4 Å². The lowest BCUT2D eigenvalue weighted by Crippen LogP contribution is -2.46. The Kier molecular flexibility index (Phi) is 2.38. The Bertz CT molecular complexity index is 202. The minimum absolute atomic E-state index is 0.0811. The molecule has 0 amide bonds. The van der Waals surface area contributed by atoms with Gasteiger partial charge < -0.3 is 15.0 Å². The summed E-state index contributed by atoms with van der Waals surface area (Å²) in [6, 6.07) is 0. The van der Waals surface area contributed by atoms with E-state index in [1.165, 1.54) is 12.8 Å². The summed E-state index contributed by atoms with van der Waals surface area (Å²) in [5, 5.41) is 0. The minimum atomic E-state index is -0.171. The van der Waals surface area contributed by atoms with E-state index in [2.05, 4.69) is 13.8 Å². The van der Waals surface area contributed by atoms with Crippen LogP contribution in [-0.2, 0) is 9.31 Å². The van der Waals surface area contributed by atoms with Crippen LogP contribution in [0.2, 0.25) is 0 Å². The maximum absolute atomic E-state index is 5.87. The summed E-state index contributed by atoms with van der Waals surface area (Å²) in [6.07, 6.45) is 4.36. The Morgan fingerprint density at radius 3 is 2.92 bits per heavy atom. The third-order valence-electron chi connectivity index (χ3n) is 3.62. The van der Waals surface area contributed by atoms with Crippen LogP contribution in [0.15, 0.2) is 0 Å². The van der Waals surface area contributed by atoms with E-state index in [0.717, 1.165) is 6.42 Å². The van der Waals surface area contributed by atoms with Gasteiger partial charge in [0.25, 0.3) is 0 Å². The summed E-state index contributed by atoms with van der Waals surface area (Å²) in [5.41, 5.74) is 5.46. The van der Waals surface area contributed by atoms with Crippen LogP contribution in [0.3, 0.4) is 0 Å². The summed E-state index contributed by atoms with van der Waals surface area (Å²) in [7, 11) is -0.171. The molecule has 2 rings (SSSR count). The van der Waals surface area contributed by atoms with Gasteiger partial charge in [-0.3, -0.25) is 0 Å². The number of hydrogen-bond donors (Lipinski definition) is 1. The highest BCUT2D eigenvalue weighted by atomic mass is 16.7. The zero-order valence-corrected chi connectivity index (χ0v) is 8.45. The van der Waals surface area contributed by atoms with Crippen LogP contribution >= 0.6 is 0 Å². The quantitative estimate of drug-likeness (QED) is 0.616. The van der Waals surface area contributed by atoms with Gasteiger partial charge in [-0.2, -0.15) is 0 Å². The molecule has 1 aliphatic carbocycles. The molecule has 1 aliphatic heterocycles. The Morgan fingerprint density at radius 1 is 1.54 bits per heavy atom. The van der Waals surface area contributed by atoms with Crippen LogP contribution in [0.1, 0.15) is 33.1 Å². The molecule has 74 valence electrons. The average Bonchev–Trinajstić information content (AvgIpc) is 2.45. The van der Waals surface area contributed by atoms with Crippen LogP contribution in [-0.4, -0.2) is 25.3 Å². The fourth-order valence-corrected chi connectivity index (χ4v) is 2.49. The van der Waals surface area contributed by atoms with Crippen molar-refractivity contribution in [2.24, 2.45) is 11.7 Å². The predicted molar refractivity (Wildman–Crippen MR) is 52.2 cm³/mol. The van der Waals surface area contributed by atoms with E-state index in [1.54, 1.807) is 0 Å². The number of rotatable bonds is 1. The molecular formula is C9H18BNO2. The molecule has 2 aliphatic rings. The van der Waals surface area contributed by atoms with Crippen molar-refractivity contribution in [2.45, 2.75) is 44.8 Å². The van der Waals surface area contributed by atoms with Crippen molar-refractivity contribution >= 4 is 7.12 Å². The number of hydrogen-bond acceptors (Lipinski definition) is 3. The van der Waals surface area contributed by atoms with Crippen molar-refractivity contribution in [3.05, 3.63) is 0 Å². The molecule has 1 saturated carbocycles. The number of nitrogens with two attached hydrogens (primary N) is 1. The zero-order chi connectivity index (χ0) is 9.47. The summed E-state index contributed by atoms with van der Waals surface area (Å²) in [4.78, 5) is 0. The van der Waals surface area contributed by atoms with Crippen molar-refractivity contribution in [2.75, 3.05) is 6.44 Å². The molecule has 2 unspecified atom stereocenters. The first kappa shape index (κ1) is 9.50. The van der Waals surface area contributed by atoms with E-state index < -0.39 is 0 Å². The van der Waals surface area contributed by atoms with Crippen molar-refractivity contribution in [1.29, 1.82) is 0 Å². The maximum Gasteiger partial charge on any atom is 0.472 e. The van der Waals surface area contributed by atoms with Gasteiger partial charge >= 0.3 is 7.12 Å². The van der Waals surface area contributed by atoms with Gasteiger partial charge in [0.05, 0.1) is 11.7 Å². The summed E-state index contributed by atoms with van der Waals surface area (Å²) >= 11 is 0. The van der Waals surface area contributed by atoms with Gasteiger partial charge in [-0.25, -0.2) is 0 Å². The highest BCUT2D eigenvalue weighted by Gasteiger charge is 2.52. The molecule has 0 radical (unpaired) electrons. The van der Waals surface area contributed by atoms with E-state index in [9.17, 15) is 0 Å². The molecule has 0 spiro atoms. The van der Waals surface area contributed by atoms with Gasteiger partial charge in [-0.1, -0.05) is 13.3 Å². The first-order valence-corrected chi connectivity index (χ1v) is 5.20. The van der Waals surface area contributed by atoms with Crippen LogP contribution in [0.4, 0.5) is 0 Å². The second-order valence-electron chi connectivity index (χ2n) is 4.42. The van der Waals surface area contributed by atoms with E-state index in [4.69, 9.17) is 15.0 Å². The first-order valence-electron chi connectivity index (χ1n) is 5.20. The van der Waals surface area contributed by atoms with Gasteiger partial charge in [0.2, 0.25) is 0 Å². The summed E-state index contributed by atoms with van der Waals surface area (Å²) in [5.74, 6) is 0.586. The topological polar surface area (TPSA) is 44.5 Å². The Hall–Kier alpha value is -0.0551. The molecule has 0 bridgehead atoms. The van der Waals surface area contributed by atoms with E-state index in [-0.39, 0.29) is 18.8 Å². The van der Waals surface area contributed by atoms with E-state index >= 15 is 0 Å². The second kappa shape index (κ2) is 3.26. The number of fused-ring (bicyclic) bond motifs is 1. The highest BCUT2D eigenvalue weighted by molar-refractivity contribution is 6.45. The predicted octanol–water partition coefficient (Wildman–Crippen LogP) is 0.967. The lowest BCUT2D eigenvalue weighted by Gasteiger charge is -2.40. The first-order chi connectivity index (χ1) is 6.16. The van der Waals surface area contributed by atoms with Crippen molar-refractivity contribution in [3.8, 4) is 0 Å². The summed E-state index contributed by atoms with van der Waals surface area (Å²) in [6.45, 7) is 4.41. The van der Waals surface area contributed by atoms with Gasteiger partial charge in [0, 0.05) is 6.44 Å². The highest BCUT2D eigenvalue weighted by Crippen LogP contribution is 2.42. The third-order valence-corrected chi connectivity index (χ3v) is 3.62. The monoisotopic (exact) mass is 183 g/mol. The molecule has 0 aromatic heterocycles. The molecule has 3 atom stereocenters. The average molecular weight is 183 g/mol. The van der Waals surface area contributed by atoms with Crippen molar-refractivity contribution < 1.29 is 9.31 Å². The van der Waals surface area contributed by atoms with Crippen LogP contribution in [0.25, 0.3) is 0 Å². The Morgan fingerprint density at radius 2 is 2.31 bits per heavy atom. The van der Waals surface area contributed by atoms with Crippen LogP contribution < -0.4 is 5.73 Å². The third kappa shape index (κ3) is 1.41. The molecule has 0 aromatic carbocycles. The van der Waals surface area contributed by atoms with Crippen LogP contribution in [0.5, 0.6) is 0 Å². The molecule has 1 saturated heterocycles. The smallest absolute Gasteiger partial charge is 0.405 e. The van der Waals surface area contributed by atoms with Crippen molar-refractivity contribution in [1.82, 2.24) is 0 Å². The summed E-state index contributed by atoms with van der Waals surface area (Å²) < 4.78 is 11.6. The standard InChI is InChI=1S/C9H18BNO2/c1-7-4-3-5-8-9(7,2)13-10(6-11)12-8/h7-8H,3-6,11H2,1-2H3/t7?,8?,9-/m0/s1.